The van der Waals surface area contributed by atoms with Gasteiger partial charge in [0, 0.05) is 6.20 Å². The van der Waals surface area contributed by atoms with E-state index < -0.39 is 11.2 Å². The van der Waals surface area contributed by atoms with Gasteiger partial charge in [-0.3, -0.25) is 4.79 Å². The normalized spacial score (nSPS) is 16.4. The van der Waals surface area contributed by atoms with Crippen LogP contribution in [0.5, 0.6) is 0 Å². The summed E-state index contributed by atoms with van der Waals surface area (Å²) in [6, 6.07) is 5.25. The molecule has 2 rings (SSSR count). The van der Waals surface area contributed by atoms with Gasteiger partial charge in [0.1, 0.15) is 5.25 Å². The molecular formula is C11H10N2O2S. The predicted octanol–water partition coefficient (Wildman–Crippen LogP) is 1.91. The van der Waals surface area contributed by atoms with Crippen LogP contribution in [0.25, 0.3) is 0 Å². The molecule has 16 heavy (non-hydrogen) atoms. The molecule has 0 bridgehead atoms. The Kier molecular flexibility index (Phi) is 3.11. The molecule has 0 radical (unpaired) electrons. The molecule has 1 aromatic rings. The highest BCUT2D eigenvalue weighted by Crippen LogP contribution is 2.41. The SMILES string of the molecule is N#Cc1ccnc(SC(C(=O)O)C2CC2)c1. The minimum atomic E-state index is -0.795. The van der Waals surface area contributed by atoms with Crippen molar-refractivity contribution in [1.29, 1.82) is 5.26 Å². The second-order valence-electron chi connectivity index (χ2n) is 3.71. The Labute approximate surface area is 97.3 Å². The lowest BCUT2D eigenvalue weighted by Gasteiger charge is -2.09. The van der Waals surface area contributed by atoms with Crippen molar-refractivity contribution in [2.24, 2.45) is 5.92 Å². The largest absolute Gasteiger partial charge is 0.480 e. The first kappa shape index (κ1) is 11.0. The van der Waals surface area contributed by atoms with Crippen LogP contribution in [0.15, 0.2) is 23.4 Å². The summed E-state index contributed by atoms with van der Waals surface area (Å²) < 4.78 is 0. The summed E-state index contributed by atoms with van der Waals surface area (Å²) in [5.74, 6) is -0.535. The fourth-order valence-electron chi connectivity index (χ4n) is 1.42. The highest BCUT2D eigenvalue weighted by Gasteiger charge is 2.37. The molecule has 0 saturated heterocycles. The Morgan fingerprint density at radius 2 is 2.44 bits per heavy atom. The maximum Gasteiger partial charge on any atom is 0.317 e. The Bertz CT molecular complexity index is 452. The number of rotatable bonds is 4. The molecule has 82 valence electrons. The molecule has 1 aliphatic rings. The lowest BCUT2D eigenvalue weighted by molar-refractivity contribution is -0.136. The van der Waals surface area contributed by atoms with Crippen molar-refractivity contribution in [3.63, 3.8) is 0 Å². The molecule has 1 fully saturated rings. The van der Waals surface area contributed by atoms with Crippen molar-refractivity contribution in [3.8, 4) is 6.07 Å². The van der Waals surface area contributed by atoms with Crippen LogP contribution in [-0.2, 0) is 4.79 Å². The number of nitrogens with zero attached hydrogens (tertiary/aromatic N) is 2. The van der Waals surface area contributed by atoms with Crippen LogP contribution in [0.1, 0.15) is 18.4 Å². The highest BCUT2D eigenvalue weighted by molar-refractivity contribution is 8.00. The van der Waals surface area contributed by atoms with Crippen LogP contribution in [-0.4, -0.2) is 21.3 Å². The Balaban J connectivity index is 2.12. The summed E-state index contributed by atoms with van der Waals surface area (Å²) >= 11 is 1.24. The van der Waals surface area contributed by atoms with E-state index in [9.17, 15) is 4.79 Å². The van der Waals surface area contributed by atoms with Crippen LogP contribution >= 0.6 is 11.8 Å². The van der Waals surface area contributed by atoms with Crippen LogP contribution in [0.3, 0.4) is 0 Å². The molecule has 1 heterocycles. The van der Waals surface area contributed by atoms with Gasteiger partial charge in [0.25, 0.3) is 0 Å². The quantitative estimate of drug-likeness (QED) is 0.805. The van der Waals surface area contributed by atoms with E-state index in [4.69, 9.17) is 10.4 Å². The molecule has 1 N–H and O–H groups in total. The van der Waals surface area contributed by atoms with E-state index in [1.807, 2.05) is 6.07 Å². The van der Waals surface area contributed by atoms with Gasteiger partial charge in [0.2, 0.25) is 0 Å². The Morgan fingerprint density at radius 3 is 3.00 bits per heavy atom. The minimum absolute atomic E-state index is 0.259. The number of carbonyl (C=O) groups is 1. The second kappa shape index (κ2) is 4.54. The van der Waals surface area contributed by atoms with Gasteiger partial charge in [-0.1, -0.05) is 11.8 Å². The van der Waals surface area contributed by atoms with Crippen LogP contribution in [0.2, 0.25) is 0 Å². The van der Waals surface area contributed by atoms with Gasteiger partial charge in [0.15, 0.2) is 0 Å². The van der Waals surface area contributed by atoms with E-state index in [-0.39, 0.29) is 5.92 Å². The smallest absolute Gasteiger partial charge is 0.317 e. The number of pyridine rings is 1. The number of nitriles is 1. The third-order valence-corrected chi connectivity index (χ3v) is 3.71. The lowest BCUT2D eigenvalue weighted by atomic mass is 10.3. The van der Waals surface area contributed by atoms with Crippen LogP contribution < -0.4 is 0 Å². The van der Waals surface area contributed by atoms with Crippen molar-refractivity contribution in [1.82, 2.24) is 4.98 Å². The number of aromatic nitrogens is 1. The summed E-state index contributed by atoms with van der Waals surface area (Å²) in [4.78, 5) is 15.1. The average molecular weight is 234 g/mol. The molecule has 0 aliphatic heterocycles. The Morgan fingerprint density at radius 1 is 1.69 bits per heavy atom. The monoisotopic (exact) mass is 234 g/mol. The zero-order valence-corrected chi connectivity index (χ0v) is 9.28. The molecule has 1 atom stereocenters. The number of hydrogen-bond acceptors (Lipinski definition) is 4. The average Bonchev–Trinajstić information content (AvgIpc) is 3.10. The standard InChI is InChI=1S/C11H10N2O2S/c12-6-7-3-4-13-9(5-7)16-10(11(14)15)8-1-2-8/h3-5,8,10H,1-2H2,(H,14,15). The summed E-state index contributed by atoms with van der Waals surface area (Å²) in [7, 11) is 0. The van der Waals surface area contributed by atoms with E-state index in [2.05, 4.69) is 4.98 Å². The fourth-order valence-corrected chi connectivity index (χ4v) is 2.56. The number of aliphatic carboxylic acids is 1. The zero-order chi connectivity index (χ0) is 11.5. The molecule has 1 saturated carbocycles. The fraction of sp³-hybridized carbons (Fsp3) is 0.364. The maximum absolute atomic E-state index is 11.0. The van der Waals surface area contributed by atoms with Crippen LogP contribution in [0, 0.1) is 17.2 Å². The number of hydrogen-bond donors (Lipinski definition) is 1. The first-order chi connectivity index (χ1) is 7.70. The van der Waals surface area contributed by atoms with Gasteiger partial charge in [-0.05, 0) is 30.9 Å². The summed E-state index contributed by atoms with van der Waals surface area (Å²) in [6.07, 6.45) is 3.48. The molecule has 5 heteroatoms. The van der Waals surface area contributed by atoms with Gasteiger partial charge in [-0.25, -0.2) is 4.98 Å². The molecule has 1 aliphatic carbocycles. The van der Waals surface area contributed by atoms with Gasteiger partial charge < -0.3 is 5.11 Å². The molecule has 0 spiro atoms. The summed E-state index contributed by atoms with van der Waals surface area (Å²) in [5, 5.41) is 18.0. The van der Waals surface area contributed by atoms with Gasteiger partial charge in [0.05, 0.1) is 16.7 Å². The topological polar surface area (TPSA) is 74.0 Å². The molecule has 0 amide bonds. The number of carboxylic acids is 1. The number of carboxylic acid groups (broad SMARTS) is 1. The first-order valence-corrected chi connectivity index (χ1v) is 5.84. The second-order valence-corrected chi connectivity index (χ2v) is 4.87. The Hall–Kier alpha value is -1.54. The van der Waals surface area contributed by atoms with E-state index >= 15 is 0 Å². The van der Waals surface area contributed by atoms with Gasteiger partial charge in [-0.15, -0.1) is 0 Å². The molecular weight excluding hydrogens is 224 g/mol. The lowest BCUT2D eigenvalue weighted by Crippen LogP contribution is -2.18. The van der Waals surface area contributed by atoms with E-state index in [1.54, 1.807) is 12.1 Å². The molecule has 1 aromatic heterocycles. The summed E-state index contributed by atoms with van der Waals surface area (Å²) in [6.45, 7) is 0. The number of thioether (sulfide) groups is 1. The van der Waals surface area contributed by atoms with Crippen molar-refractivity contribution in [2.75, 3.05) is 0 Å². The van der Waals surface area contributed by atoms with Crippen molar-refractivity contribution in [3.05, 3.63) is 23.9 Å². The van der Waals surface area contributed by atoms with Crippen LogP contribution in [0.4, 0.5) is 0 Å². The molecule has 0 aromatic carbocycles. The van der Waals surface area contributed by atoms with E-state index in [1.165, 1.54) is 18.0 Å². The van der Waals surface area contributed by atoms with Gasteiger partial charge >= 0.3 is 5.97 Å². The molecule has 1 unspecified atom stereocenters. The predicted molar refractivity (Wildman–Crippen MR) is 59.0 cm³/mol. The van der Waals surface area contributed by atoms with Gasteiger partial charge in [-0.2, -0.15) is 5.26 Å². The van der Waals surface area contributed by atoms with Crippen molar-refractivity contribution in [2.45, 2.75) is 23.1 Å². The zero-order valence-electron chi connectivity index (χ0n) is 8.46. The first-order valence-electron chi connectivity index (χ1n) is 4.96. The maximum atomic E-state index is 11.0. The third kappa shape index (κ3) is 2.52. The van der Waals surface area contributed by atoms with E-state index in [0.29, 0.717) is 10.6 Å². The minimum Gasteiger partial charge on any atom is -0.480 e. The van der Waals surface area contributed by atoms with Crippen molar-refractivity contribution >= 4 is 17.7 Å². The third-order valence-electron chi connectivity index (χ3n) is 2.41. The van der Waals surface area contributed by atoms with Crippen molar-refractivity contribution < 1.29 is 9.90 Å². The summed E-state index contributed by atoms with van der Waals surface area (Å²) in [5.41, 5.74) is 0.512. The highest BCUT2D eigenvalue weighted by atomic mass is 32.2. The van der Waals surface area contributed by atoms with E-state index in [0.717, 1.165) is 12.8 Å². The molecule has 4 nitrogen and oxygen atoms in total.